The van der Waals surface area contributed by atoms with Crippen LogP contribution >= 0.6 is 0 Å². The lowest BCUT2D eigenvalue weighted by Gasteiger charge is -2.24. The van der Waals surface area contributed by atoms with E-state index in [4.69, 9.17) is 14.2 Å². The third-order valence-corrected chi connectivity index (χ3v) is 6.33. The molecule has 2 aromatic carbocycles. The molecule has 6 heteroatoms. The van der Waals surface area contributed by atoms with Gasteiger partial charge in [-0.15, -0.1) is 0 Å². The van der Waals surface area contributed by atoms with E-state index in [2.05, 4.69) is 28.3 Å². The number of hydrogen-bond acceptors (Lipinski definition) is 6. The highest BCUT2D eigenvalue weighted by Crippen LogP contribution is 2.41. The maximum Gasteiger partial charge on any atom is 0.258 e. The number of aryl methyl sites for hydroxylation is 1. The van der Waals surface area contributed by atoms with E-state index in [0.29, 0.717) is 17.8 Å². The molecule has 1 unspecified atom stereocenters. The number of β-amino-alcohol motifs (C(OH)–C–C–N with tert-alkyl or cyclic N) is 1. The van der Waals surface area contributed by atoms with E-state index in [1.54, 1.807) is 0 Å². The molecule has 2 atom stereocenters. The first-order valence-corrected chi connectivity index (χ1v) is 11.1. The van der Waals surface area contributed by atoms with Crippen LogP contribution in [0.25, 0.3) is 22.8 Å². The molecule has 1 fully saturated rings. The molecule has 31 heavy (non-hydrogen) atoms. The fraction of sp³-hybridized carbons (Fsp3) is 0.440. The average Bonchev–Trinajstić information content (AvgIpc) is 3.48. The van der Waals surface area contributed by atoms with E-state index in [0.717, 1.165) is 54.8 Å². The standard InChI is InChI=1S/C25H29N3O3/c1-15(2)30-23-10-7-17(13-16(23)3)25-26-24(27-31-25)21-6-4-5-20-19(21)8-9-22(20)28-12-11-18(29)14-28/h4-7,10,13,15,18,22,29H,8-9,11-12,14H2,1-3H3/t18-,22?/m1/s1. The zero-order chi connectivity index (χ0) is 21.5. The first kappa shape index (κ1) is 20.2. The van der Waals surface area contributed by atoms with Crippen LogP contribution in [-0.2, 0) is 6.42 Å². The number of likely N-dealkylation sites (tertiary alicyclic amines) is 1. The molecule has 1 saturated heterocycles. The summed E-state index contributed by atoms with van der Waals surface area (Å²) in [6.07, 6.45) is 2.85. The summed E-state index contributed by atoms with van der Waals surface area (Å²) in [4.78, 5) is 7.13. The maximum absolute atomic E-state index is 9.95. The molecule has 0 radical (unpaired) electrons. The number of fused-ring (bicyclic) bond motifs is 1. The summed E-state index contributed by atoms with van der Waals surface area (Å²) in [5.41, 5.74) is 5.62. The van der Waals surface area contributed by atoms with Gasteiger partial charge in [0.25, 0.3) is 5.89 Å². The van der Waals surface area contributed by atoms with Crippen molar-refractivity contribution >= 4 is 0 Å². The first-order chi connectivity index (χ1) is 15.0. The SMILES string of the molecule is Cc1cc(-c2nc(-c3cccc4c3CCC4N3CC[C@@H](O)C3)no2)ccc1OC(C)C. The fourth-order valence-corrected chi connectivity index (χ4v) is 4.89. The van der Waals surface area contributed by atoms with Gasteiger partial charge in [0, 0.05) is 30.3 Å². The number of nitrogens with zero attached hydrogens (tertiary/aromatic N) is 3. The minimum Gasteiger partial charge on any atom is -0.491 e. The highest BCUT2D eigenvalue weighted by Gasteiger charge is 2.34. The minimum atomic E-state index is -0.201. The number of rotatable bonds is 5. The van der Waals surface area contributed by atoms with Gasteiger partial charge in [-0.2, -0.15) is 4.98 Å². The van der Waals surface area contributed by atoms with Crippen molar-refractivity contribution in [1.29, 1.82) is 0 Å². The van der Waals surface area contributed by atoms with E-state index < -0.39 is 0 Å². The van der Waals surface area contributed by atoms with Crippen molar-refractivity contribution in [3.63, 3.8) is 0 Å². The normalized spacial score (nSPS) is 21.1. The third kappa shape index (κ3) is 3.86. The van der Waals surface area contributed by atoms with E-state index >= 15 is 0 Å². The molecule has 0 spiro atoms. The average molecular weight is 420 g/mol. The van der Waals surface area contributed by atoms with Crippen LogP contribution in [0.2, 0.25) is 0 Å². The topological polar surface area (TPSA) is 71.6 Å². The molecular weight excluding hydrogens is 390 g/mol. The van der Waals surface area contributed by atoms with E-state index in [1.807, 2.05) is 39.0 Å². The highest BCUT2D eigenvalue weighted by atomic mass is 16.5. The second kappa shape index (κ2) is 8.09. The highest BCUT2D eigenvalue weighted by molar-refractivity contribution is 5.66. The lowest BCUT2D eigenvalue weighted by atomic mass is 10.0. The second-order valence-corrected chi connectivity index (χ2v) is 8.94. The Balaban J connectivity index is 1.42. The van der Waals surface area contributed by atoms with Crippen LogP contribution in [-0.4, -0.2) is 45.4 Å². The zero-order valence-corrected chi connectivity index (χ0v) is 18.3. The van der Waals surface area contributed by atoms with Crippen LogP contribution in [0.4, 0.5) is 0 Å². The van der Waals surface area contributed by atoms with Gasteiger partial charge in [-0.05, 0) is 74.9 Å². The van der Waals surface area contributed by atoms with Gasteiger partial charge in [-0.3, -0.25) is 4.90 Å². The molecule has 1 N–H and O–H groups in total. The van der Waals surface area contributed by atoms with Gasteiger partial charge >= 0.3 is 0 Å². The Morgan fingerprint density at radius 1 is 1.19 bits per heavy atom. The number of aliphatic hydroxyl groups is 1. The lowest BCUT2D eigenvalue weighted by Crippen LogP contribution is -2.26. The molecule has 0 saturated carbocycles. The third-order valence-electron chi connectivity index (χ3n) is 6.33. The molecule has 0 bridgehead atoms. The molecular formula is C25H29N3O3. The molecule has 1 aliphatic heterocycles. The van der Waals surface area contributed by atoms with Crippen LogP contribution in [0.15, 0.2) is 40.9 Å². The number of aromatic nitrogens is 2. The van der Waals surface area contributed by atoms with Gasteiger partial charge in [-0.1, -0.05) is 23.4 Å². The smallest absolute Gasteiger partial charge is 0.258 e. The van der Waals surface area contributed by atoms with Crippen LogP contribution in [0.3, 0.4) is 0 Å². The predicted octanol–water partition coefficient (Wildman–Crippen LogP) is 4.55. The molecule has 2 aliphatic rings. The summed E-state index contributed by atoms with van der Waals surface area (Å²) in [6.45, 7) is 7.78. The molecule has 2 heterocycles. The van der Waals surface area contributed by atoms with Crippen molar-refractivity contribution in [1.82, 2.24) is 15.0 Å². The molecule has 1 aromatic heterocycles. The van der Waals surface area contributed by atoms with Crippen molar-refractivity contribution < 1.29 is 14.4 Å². The summed E-state index contributed by atoms with van der Waals surface area (Å²) < 4.78 is 11.5. The van der Waals surface area contributed by atoms with Crippen molar-refractivity contribution in [2.75, 3.05) is 13.1 Å². The van der Waals surface area contributed by atoms with Gasteiger partial charge in [0.05, 0.1) is 12.2 Å². The largest absolute Gasteiger partial charge is 0.491 e. The minimum absolute atomic E-state index is 0.132. The van der Waals surface area contributed by atoms with E-state index in [9.17, 15) is 5.11 Å². The molecule has 6 nitrogen and oxygen atoms in total. The Hall–Kier alpha value is -2.70. The van der Waals surface area contributed by atoms with Gasteiger partial charge in [0.2, 0.25) is 5.82 Å². The van der Waals surface area contributed by atoms with E-state index in [-0.39, 0.29) is 12.2 Å². The number of benzene rings is 2. The lowest BCUT2D eigenvalue weighted by molar-refractivity contribution is 0.159. The number of hydrogen-bond donors (Lipinski definition) is 1. The van der Waals surface area contributed by atoms with Crippen molar-refractivity contribution in [2.24, 2.45) is 0 Å². The summed E-state index contributed by atoms with van der Waals surface area (Å²) in [6, 6.07) is 12.7. The Bertz CT molecular complexity index is 1090. The molecule has 3 aromatic rings. The Morgan fingerprint density at radius 3 is 2.81 bits per heavy atom. The molecule has 0 amide bonds. The monoisotopic (exact) mass is 419 g/mol. The molecule has 162 valence electrons. The Labute approximate surface area is 182 Å². The molecule has 5 rings (SSSR count). The maximum atomic E-state index is 9.95. The van der Waals surface area contributed by atoms with Crippen LogP contribution in [0.5, 0.6) is 5.75 Å². The van der Waals surface area contributed by atoms with Gasteiger partial charge < -0.3 is 14.4 Å². The number of ether oxygens (including phenoxy) is 1. The second-order valence-electron chi connectivity index (χ2n) is 8.94. The van der Waals surface area contributed by atoms with E-state index in [1.165, 1.54) is 11.1 Å². The molecule has 1 aliphatic carbocycles. The Morgan fingerprint density at radius 2 is 2.06 bits per heavy atom. The summed E-state index contributed by atoms with van der Waals surface area (Å²) in [5, 5.41) is 14.3. The predicted molar refractivity (Wildman–Crippen MR) is 119 cm³/mol. The Kier molecular flexibility index (Phi) is 5.28. The quantitative estimate of drug-likeness (QED) is 0.654. The van der Waals surface area contributed by atoms with Crippen LogP contribution in [0.1, 0.15) is 49.4 Å². The van der Waals surface area contributed by atoms with Gasteiger partial charge in [0.1, 0.15) is 5.75 Å². The van der Waals surface area contributed by atoms with Crippen molar-refractivity contribution in [2.45, 2.75) is 58.3 Å². The summed E-state index contributed by atoms with van der Waals surface area (Å²) in [5.74, 6) is 2.02. The summed E-state index contributed by atoms with van der Waals surface area (Å²) >= 11 is 0. The van der Waals surface area contributed by atoms with Crippen molar-refractivity contribution in [3.05, 3.63) is 53.1 Å². The van der Waals surface area contributed by atoms with Crippen LogP contribution in [0, 0.1) is 6.92 Å². The zero-order valence-electron chi connectivity index (χ0n) is 18.3. The van der Waals surface area contributed by atoms with Crippen molar-refractivity contribution in [3.8, 4) is 28.6 Å². The first-order valence-electron chi connectivity index (χ1n) is 11.1. The van der Waals surface area contributed by atoms with Gasteiger partial charge in [-0.25, -0.2) is 0 Å². The van der Waals surface area contributed by atoms with Crippen LogP contribution < -0.4 is 4.74 Å². The summed E-state index contributed by atoms with van der Waals surface area (Å²) in [7, 11) is 0. The van der Waals surface area contributed by atoms with Gasteiger partial charge in [0.15, 0.2) is 0 Å². The fourth-order valence-electron chi connectivity index (χ4n) is 4.89. The number of aliphatic hydroxyl groups excluding tert-OH is 1.